The number of halogens is 2. The third-order valence-corrected chi connectivity index (χ3v) is 1.58. The van der Waals surface area contributed by atoms with Crippen molar-refractivity contribution in [2.45, 2.75) is 25.2 Å². The summed E-state index contributed by atoms with van der Waals surface area (Å²) in [5.41, 5.74) is 0. The van der Waals surface area contributed by atoms with E-state index >= 15 is 0 Å². The van der Waals surface area contributed by atoms with Gasteiger partial charge in [0.25, 0.3) is 0 Å². The van der Waals surface area contributed by atoms with Gasteiger partial charge in [-0.05, 0) is 5.92 Å². The van der Waals surface area contributed by atoms with Gasteiger partial charge in [-0.3, -0.25) is 0 Å². The predicted molar refractivity (Wildman–Crippen MR) is 31.1 cm³/mol. The maximum atomic E-state index is 12.0. The van der Waals surface area contributed by atoms with Crippen molar-refractivity contribution in [3.8, 4) is 12.3 Å². The van der Waals surface area contributed by atoms with Crippen LogP contribution in [0.3, 0.4) is 0 Å². The van der Waals surface area contributed by atoms with Crippen LogP contribution in [-0.4, -0.2) is 5.92 Å². The molecule has 0 bridgehead atoms. The lowest BCUT2D eigenvalue weighted by Crippen LogP contribution is -2.34. The highest BCUT2D eigenvalue weighted by atomic mass is 19.3. The number of hydrogen-bond acceptors (Lipinski definition) is 0. The van der Waals surface area contributed by atoms with Gasteiger partial charge in [-0.1, -0.05) is 0 Å². The van der Waals surface area contributed by atoms with E-state index in [-0.39, 0.29) is 18.8 Å². The van der Waals surface area contributed by atoms with E-state index in [0.717, 1.165) is 0 Å². The normalized spacial score (nSPS) is 24.6. The van der Waals surface area contributed by atoms with Crippen LogP contribution in [0.5, 0.6) is 0 Å². The Morgan fingerprint density at radius 1 is 1.56 bits per heavy atom. The van der Waals surface area contributed by atoms with Crippen molar-refractivity contribution in [1.29, 1.82) is 0 Å². The van der Waals surface area contributed by atoms with Crippen LogP contribution in [-0.2, 0) is 0 Å². The highest BCUT2D eigenvalue weighted by molar-refractivity contribution is 4.95. The molecule has 0 unspecified atom stereocenters. The smallest absolute Gasteiger partial charge is 0.207 e. The van der Waals surface area contributed by atoms with E-state index in [9.17, 15) is 8.78 Å². The monoisotopic (exact) mass is 130 g/mol. The van der Waals surface area contributed by atoms with Crippen molar-refractivity contribution in [2.75, 3.05) is 0 Å². The SMILES string of the molecule is C#CCC1CC(F)(F)C1. The standard InChI is InChI=1S/C7H8F2/c1-2-3-6-4-7(8,9)5-6/h1,6H,3-5H2. The summed E-state index contributed by atoms with van der Waals surface area (Å²) in [5, 5.41) is 0. The summed E-state index contributed by atoms with van der Waals surface area (Å²) in [6, 6.07) is 0. The Bertz CT molecular complexity index is 135. The molecule has 0 spiro atoms. The van der Waals surface area contributed by atoms with Crippen molar-refractivity contribution in [2.24, 2.45) is 5.92 Å². The van der Waals surface area contributed by atoms with Crippen molar-refractivity contribution in [3.63, 3.8) is 0 Å². The molecule has 0 amide bonds. The molecular formula is C7H8F2. The topological polar surface area (TPSA) is 0 Å². The molecule has 0 aromatic carbocycles. The first-order valence-electron chi connectivity index (χ1n) is 2.95. The average molecular weight is 130 g/mol. The molecule has 1 rings (SSSR count). The zero-order chi connectivity index (χ0) is 6.91. The molecular weight excluding hydrogens is 122 g/mol. The lowest BCUT2D eigenvalue weighted by molar-refractivity contribution is -0.108. The molecule has 50 valence electrons. The van der Waals surface area contributed by atoms with Gasteiger partial charge in [-0.2, -0.15) is 0 Å². The van der Waals surface area contributed by atoms with Crippen molar-refractivity contribution in [3.05, 3.63) is 0 Å². The lowest BCUT2D eigenvalue weighted by atomic mass is 9.79. The minimum Gasteiger partial charge on any atom is -0.207 e. The van der Waals surface area contributed by atoms with Crippen LogP contribution in [0.2, 0.25) is 0 Å². The van der Waals surface area contributed by atoms with Crippen LogP contribution in [0.1, 0.15) is 19.3 Å². The molecule has 0 atom stereocenters. The Hall–Kier alpha value is -0.580. The first kappa shape index (κ1) is 6.54. The molecule has 1 aliphatic carbocycles. The molecule has 2 heteroatoms. The maximum Gasteiger partial charge on any atom is 0.248 e. The minimum atomic E-state index is -2.40. The van der Waals surface area contributed by atoms with Gasteiger partial charge in [-0.15, -0.1) is 12.3 Å². The van der Waals surface area contributed by atoms with Crippen LogP contribution in [0.4, 0.5) is 8.78 Å². The van der Waals surface area contributed by atoms with Gasteiger partial charge in [0.15, 0.2) is 0 Å². The summed E-state index contributed by atoms with van der Waals surface area (Å²) < 4.78 is 24.1. The summed E-state index contributed by atoms with van der Waals surface area (Å²) >= 11 is 0. The van der Waals surface area contributed by atoms with Gasteiger partial charge in [0.1, 0.15) is 0 Å². The van der Waals surface area contributed by atoms with Gasteiger partial charge in [0, 0.05) is 19.3 Å². The van der Waals surface area contributed by atoms with Gasteiger partial charge in [-0.25, -0.2) is 8.78 Å². The Kier molecular flexibility index (Phi) is 1.44. The van der Waals surface area contributed by atoms with E-state index in [4.69, 9.17) is 6.42 Å². The fourth-order valence-electron chi connectivity index (χ4n) is 1.10. The second-order valence-electron chi connectivity index (χ2n) is 2.54. The third kappa shape index (κ3) is 1.41. The van der Waals surface area contributed by atoms with Crippen LogP contribution in [0, 0.1) is 18.3 Å². The molecule has 0 aromatic heterocycles. The number of alkyl halides is 2. The van der Waals surface area contributed by atoms with E-state index in [1.165, 1.54) is 0 Å². The summed E-state index contributed by atoms with van der Waals surface area (Å²) in [6.07, 6.45) is 5.44. The summed E-state index contributed by atoms with van der Waals surface area (Å²) in [7, 11) is 0. The van der Waals surface area contributed by atoms with E-state index in [0.29, 0.717) is 6.42 Å². The second kappa shape index (κ2) is 1.98. The fourth-order valence-corrected chi connectivity index (χ4v) is 1.10. The summed E-state index contributed by atoms with van der Waals surface area (Å²) in [5.74, 6) is 0.0608. The van der Waals surface area contributed by atoms with E-state index in [1.807, 2.05) is 0 Å². The Morgan fingerprint density at radius 3 is 2.44 bits per heavy atom. The van der Waals surface area contributed by atoms with E-state index < -0.39 is 5.92 Å². The van der Waals surface area contributed by atoms with Gasteiger partial charge < -0.3 is 0 Å². The van der Waals surface area contributed by atoms with Gasteiger partial charge in [0.2, 0.25) is 5.92 Å². The molecule has 0 aliphatic heterocycles. The van der Waals surface area contributed by atoms with Crippen molar-refractivity contribution < 1.29 is 8.78 Å². The molecule has 1 saturated carbocycles. The number of hydrogen-bond donors (Lipinski definition) is 0. The second-order valence-corrected chi connectivity index (χ2v) is 2.54. The molecule has 0 aromatic rings. The predicted octanol–water partition coefficient (Wildman–Crippen LogP) is 2.05. The summed E-state index contributed by atoms with van der Waals surface area (Å²) in [4.78, 5) is 0. The molecule has 0 heterocycles. The first-order valence-corrected chi connectivity index (χ1v) is 2.95. The number of rotatable bonds is 1. The van der Waals surface area contributed by atoms with Gasteiger partial charge in [0.05, 0.1) is 0 Å². The lowest BCUT2D eigenvalue weighted by Gasteiger charge is -2.33. The summed E-state index contributed by atoms with van der Waals surface area (Å²) in [6.45, 7) is 0. The number of terminal acetylenes is 1. The third-order valence-electron chi connectivity index (χ3n) is 1.58. The highest BCUT2D eigenvalue weighted by Crippen LogP contribution is 2.43. The molecule has 1 aliphatic rings. The molecule has 0 radical (unpaired) electrons. The molecule has 1 fully saturated rings. The van der Waals surface area contributed by atoms with Crippen LogP contribution in [0.25, 0.3) is 0 Å². The van der Waals surface area contributed by atoms with Crippen molar-refractivity contribution >= 4 is 0 Å². The Balaban J connectivity index is 2.21. The molecule has 0 N–H and O–H groups in total. The fraction of sp³-hybridized carbons (Fsp3) is 0.714. The quantitative estimate of drug-likeness (QED) is 0.476. The van der Waals surface area contributed by atoms with Crippen molar-refractivity contribution in [1.82, 2.24) is 0 Å². The highest BCUT2D eigenvalue weighted by Gasteiger charge is 2.44. The van der Waals surface area contributed by atoms with E-state index in [2.05, 4.69) is 5.92 Å². The van der Waals surface area contributed by atoms with Gasteiger partial charge >= 0.3 is 0 Å². The first-order chi connectivity index (χ1) is 4.14. The molecule has 0 nitrogen and oxygen atoms in total. The maximum absolute atomic E-state index is 12.0. The Labute approximate surface area is 53.3 Å². The van der Waals surface area contributed by atoms with Crippen LogP contribution in [0.15, 0.2) is 0 Å². The Morgan fingerprint density at radius 2 is 2.11 bits per heavy atom. The zero-order valence-corrected chi connectivity index (χ0v) is 5.03. The zero-order valence-electron chi connectivity index (χ0n) is 5.03. The molecule has 9 heavy (non-hydrogen) atoms. The van der Waals surface area contributed by atoms with Crippen LogP contribution >= 0.6 is 0 Å². The average Bonchev–Trinajstić information content (AvgIpc) is 1.62. The largest absolute Gasteiger partial charge is 0.248 e. The van der Waals surface area contributed by atoms with E-state index in [1.54, 1.807) is 0 Å². The minimum absolute atomic E-state index is 0.00278. The van der Waals surface area contributed by atoms with Crippen LogP contribution < -0.4 is 0 Å². The molecule has 0 saturated heterocycles.